The van der Waals surface area contributed by atoms with Crippen LogP contribution in [0.15, 0.2) is 18.2 Å². The Balaban J connectivity index is 1.99. The third-order valence-electron chi connectivity index (χ3n) is 4.32. The summed E-state index contributed by atoms with van der Waals surface area (Å²) in [5.74, 6) is 0. The molecule has 1 fully saturated rings. The Hall–Kier alpha value is -0.930. The molecule has 2 unspecified atom stereocenters. The van der Waals surface area contributed by atoms with E-state index in [9.17, 15) is 0 Å². The maximum atomic E-state index is 4.66. The first-order valence-corrected chi connectivity index (χ1v) is 8.14. The Labute approximate surface area is 123 Å². The third-order valence-corrected chi connectivity index (χ3v) is 4.32. The number of pyridine rings is 1. The van der Waals surface area contributed by atoms with E-state index >= 15 is 0 Å². The lowest BCUT2D eigenvalue weighted by Gasteiger charge is -2.32. The summed E-state index contributed by atoms with van der Waals surface area (Å²) in [5, 5.41) is 3.73. The fourth-order valence-electron chi connectivity index (χ4n) is 3.30. The number of nitrogens with one attached hydrogen (secondary N) is 1. The molecule has 0 bridgehead atoms. The number of hydrogen-bond donors (Lipinski definition) is 1. The fourth-order valence-corrected chi connectivity index (χ4v) is 3.30. The molecule has 1 aromatic rings. The summed E-state index contributed by atoms with van der Waals surface area (Å²) in [6, 6.07) is 7.68. The van der Waals surface area contributed by atoms with Gasteiger partial charge in [-0.2, -0.15) is 0 Å². The van der Waals surface area contributed by atoms with E-state index in [1.807, 2.05) is 0 Å². The van der Waals surface area contributed by atoms with Crippen LogP contribution in [-0.4, -0.2) is 35.1 Å². The molecule has 0 radical (unpaired) electrons. The monoisotopic (exact) mass is 275 g/mol. The van der Waals surface area contributed by atoms with Crippen LogP contribution in [0.1, 0.15) is 50.9 Å². The number of aromatic nitrogens is 1. The van der Waals surface area contributed by atoms with E-state index in [1.54, 1.807) is 0 Å². The van der Waals surface area contributed by atoms with Crippen molar-refractivity contribution >= 4 is 0 Å². The van der Waals surface area contributed by atoms with Gasteiger partial charge in [0.15, 0.2) is 0 Å². The van der Waals surface area contributed by atoms with E-state index in [-0.39, 0.29) is 0 Å². The van der Waals surface area contributed by atoms with Gasteiger partial charge >= 0.3 is 0 Å². The van der Waals surface area contributed by atoms with Gasteiger partial charge in [-0.25, -0.2) is 0 Å². The first-order chi connectivity index (χ1) is 9.74. The van der Waals surface area contributed by atoms with Gasteiger partial charge in [0.05, 0.1) is 5.69 Å². The van der Waals surface area contributed by atoms with Gasteiger partial charge in [-0.3, -0.25) is 9.88 Å². The van der Waals surface area contributed by atoms with Crippen molar-refractivity contribution in [2.45, 2.75) is 65.1 Å². The molecule has 2 rings (SSSR count). The van der Waals surface area contributed by atoms with Crippen LogP contribution in [0.5, 0.6) is 0 Å². The van der Waals surface area contributed by atoms with Gasteiger partial charge in [0.2, 0.25) is 0 Å². The predicted octanol–water partition coefficient (Wildman–Crippen LogP) is 3.13. The number of rotatable bonds is 7. The van der Waals surface area contributed by atoms with E-state index in [0.29, 0.717) is 12.1 Å². The molecule has 0 spiro atoms. The average Bonchev–Trinajstić information content (AvgIpc) is 2.91. The van der Waals surface area contributed by atoms with Crippen molar-refractivity contribution in [1.82, 2.24) is 15.2 Å². The molecule has 0 amide bonds. The van der Waals surface area contributed by atoms with Crippen LogP contribution in [0.3, 0.4) is 0 Å². The first-order valence-electron chi connectivity index (χ1n) is 8.14. The zero-order valence-corrected chi connectivity index (χ0v) is 13.2. The number of likely N-dealkylation sites (N-methyl/N-ethyl adjacent to an activating group) is 1. The summed E-state index contributed by atoms with van der Waals surface area (Å²) in [5.41, 5.74) is 2.32. The first kappa shape index (κ1) is 15.5. The highest BCUT2D eigenvalue weighted by Gasteiger charge is 2.30. The highest BCUT2D eigenvalue weighted by atomic mass is 15.2. The van der Waals surface area contributed by atoms with E-state index in [1.165, 1.54) is 31.4 Å². The molecule has 1 aliphatic rings. The molecule has 112 valence electrons. The summed E-state index contributed by atoms with van der Waals surface area (Å²) >= 11 is 0. The standard InChI is InChI=1S/C17H29N3/c1-4-12-18-16-10-7-11-17(16)20(5-2)13-15-9-6-8-14(3)19-15/h6,8-9,16-18H,4-5,7,10-13H2,1-3H3. The van der Waals surface area contributed by atoms with Crippen LogP contribution in [-0.2, 0) is 6.54 Å². The molecular weight excluding hydrogens is 246 g/mol. The molecule has 1 heterocycles. The van der Waals surface area contributed by atoms with Crippen LogP contribution in [0, 0.1) is 6.92 Å². The normalized spacial score (nSPS) is 22.6. The Morgan fingerprint density at radius 3 is 2.85 bits per heavy atom. The van der Waals surface area contributed by atoms with Gasteiger partial charge in [0.1, 0.15) is 0 Å². The SMILES string of the molecule is CCCNC1CCCC1N(CC)Cc1cccc(C)n1. The molecule has 0 aliphatic heterocycles. The lowest BCUT2D eigenvalue weighted by Crippen LogP contribution is -2.46. The second-order valence-electron chi connectivity index (χ2n) is 5.89. The molecular formula is C17H29N3. The van der Waals surface area contributed by atoms with Crippen LogP contribution in [0.4, 0.5) is 0 Å². The fraction of sp³-hybridized carbons (Fsp3) is 0.706. The van der Waals surface area contributed by atoms with Crippen molar-refractivity contribution in [3.63, 3.8) is 0 Å². The number of hydrogen-bond acceptors (Lipinski definition) is 3. The van der Waals surface area contributed by atoms with E-state index in [0.717, 1.165) is 25.3 Å². The van der Waals surface area contributed by atoms with Gasteiger partial charge in [-0.15, -0.1) is 0 Å². The van der Waals surface area contributed by atoms with Gasteiger partial charge in [0.25, 0.3) is 0 Å². The second kappa shape index (κ2) is 7.75. The number of aryl methyl sites for hydroxylation is 1. The summed E-state index contributed by atoms with van der Waals surface area (Å²) in [6.45, 7) is 9.80. The van der Waals surface area contributed by atoms with Gasteiger partial charge in [-0.05, 0) is 51.4 Å². The van der Waals surface area contributed by atoms with Crippen molar-refractivity contribution in [2.24, 2.45) is 0 Å². The van der Waals surface area contributed by atoms with Gasteiger partial charge < -0.3 is 5.32 Å². The molecule has 0 saturated heterocycles. The molecule has 3 heteroatoms. The Morgan fingerprint density at radius 2 is 2.15 bits per heavy atom. The number of nitrogens with zero attached hydrogens (tertiary/aromatic N) is 2. The maximum Gasteiger partial charge on any atom is 0.0547 e. The van der Waals surface area contributed by atoms with Crippen LogP contribution >= 0.6 is 0 Å². The lowest BCUT2D eigenvalue weighted by molar-refractivity contribution is 0.170. The molecule has 20 heavy (non-hydrogen) atoms. The van der Waals surface area contributed by atoms with Gasteiger partial charge in [-0.1, -0.05) is 26.3 Å². The minimum Gasteiger partial charge on any atom is -0.312 e. The van der Waals surface area contributed by atoms with Crippen molar-refractivity contribution in [2.75, 3.05) is 13.1 Å². The largest absolute Gasteiger partial charge is 0.312 e. The Morgan fingerprint density at radius 1 is 1.30 bits per heavy atom. The van der Waals surface area contributed by atoms with Crippen LogP contribution in [0.25, 0.3) is 0 Å². The minimum atomic E-state index is 0.666. The summed E-state index contributed by atoms with van der Waals surface area (Å²) in [6.07, 6.45) is 5.21. The molecule has 3 nitrogen and oxygen atoms in total. The smallest absolute Gasteiger partial charge is 0.0547 e. The summed E-state index contributed by atoms with van der Waals surface area (Å²) < 4.78 is 0. The quantitative estimate of drug-likeness (QED) is 0.828. The Kier molecular flexibility index (Phi) is 5.99. The zero-order valence-electron chi connectivity index (χ0n) is 13.2. The zero-order chi connectivity index (χ0) is 14.4. The third kappa shape index (κ3) is 4.03. The van der Waals surface area contributed by atoms with Crippen molar-refractivity contribution in [3.8, 4) is 0 Å². The van der Waals surface area contributed by atoms with Crippen LogP contribution in [0.2, 0.25) is 0 Å². The van der Waals surface area contributed by atoms with Crippen LogP contribution < -0.4 is 5.32 Å². The van der Waals surface area contributed by atoms with Crippen molar-refractivity contribution in [1.29, 1.82) is 0 Å². The van der Waals surface area contributed by atoms with E-state index in [4.69, 9.17) is 0 Å². The van der Waals surface area contributed by atoms with Gasteiger partial charge in [0, 0.05) is 24.3 Å². The molecule has 1 saturated carbocycles. The average molecular weight is 275 g/mol. The van der Waals surface area contributed by atoms with Crippen molar-refractivity contribution < 1.29 is 0 Å². The highest BCUT2D eigenvalue weighted by Crippen LogP contribution is 2.25. The topological polar surface area (TPSA) is 28.2 Å². The molecule has 2 atom stereocenters. The van der Waals surface area contributed by atoms with E-state index < -0.39 is 0 Å². The van der Waals surface area contributed by atoms with E-state index in [2.05, 4.69) is 54.2 Å². The second-order valence-corrected chi connectivity index (χ2v) is 5.89. The van der Waals surface area contributed by atoms with Crippen molar-refractivity contribution in [3.05, 3.63) is 29.6 Å². The lowest BCUT2D eigenvalue weighted by atomic mass is 10.1. The molecule has 1 N–H and O–H groups in total. The maximum absolute atomic E-state index is 4.66. The minimum absolute atomic E-state index is 0.666. The summed E-state index contributed by atoms with van der Waals surface area (Å²) in [4.78, 5) is 7.26. The molecule has 0 aromatic carbocycles. The Bertz CT molecular complexity index is 405. The molecule has 1 aromatic heterocycles. The highest BCUT2D eigenvalue weighted by molar-refractivity contribution is 5.10. The molecule has 1 aliphatic carbocycles. The summed E-state index contributed by atoms with van der Waals surface area (Å²) in [7, 11) is 0. The predicted molar refractivity (Wildman–Crippen MR) is 84.8 cm³/mol.